The first-order valence-electron chi connectivity index (χ1n) is 8.82. The zero-order chi connectivity index (χ0) is 20.3. The first-order chi connectivity index (χ1) is 13.1. The van der Waals surface area contributed by atoms with E-state index in [9.17, 15) is 18.0 Å². The maximum atomic E-state index is 13.0. The van der Waals surface area contributed by atoms with Crippen molar-refractivity contribution in [1.29, 1.82) is 0 Å². The largest absolute Gasteiger partial charge is 0.361 e. The third-order valence-electron chi connectivity index (χ3n) is 5.03. The van der Waals surface area contributed by atoms with E-state index in [0.717, 1.165) is 17.4 Å². The Bertz CT molecular complexity index is 1310. The predicted molar refractivity (Wildman–Crippen MR) is 102 cm³/mol. The van der Waals surface area contributed by atoms with Crippen molar-refractivity contribution in [3.63, 3.8) is 0 Å². The number of hydrogen-bond donors (Lipinski definition) is 2. The molecule has 1 aliphatic carbocycles. The number of nitrogens with one attached hydrogen (secondary N) is 2. The summed E-state index contributed by atoms with van der Waals surface area (Å²) in [6.07, 6.45) is 1.55. The van der Waals surface area contributed by atoms with E-state index in [2.05, 4.69) is 14.9 Å². The molecule has 0 bridgehead atoms. The number of sulfonamides is 1. The van der Waals surface area contributed by atoms with Crippen LogP contribution in [-0.2, 0) is 16.6 Å². The quantitative estimate of drug-likeness (QED) is 0.657. The number of aromatic amines is 1. The van der Waals surface area contributed by atoms with Gasteiger partial charge in [-0.05, 0) is 51.3 Å². The lowest BCUT2D eigenvalue weighted by Crippen LogP contribution is -2.37. The summed E-state index contributed by atoms with van der Waals surface area (Å²) in [7, 11) is -3.79. The highest BCUT2D eigenvalue weighted by molar-refractivity contribution is 7.89. The van der Waals surface area contributed by atoms with E-state index < -0.39 is 26.8 Å². The number of benzene rings is 1. The fourth-order valence-corrected chi connectivity index (χ4v) is 4.96. The molecule has 2 heterocycles. The zero-order valence-electron chi connectivity index (χ0n) is 15.7. The molecule has 148 valence electrons. The molecule has 0 saturated heterocycles. The molecule has 2 N–H and O–H groups in total. The first-order valence-corrected chi connectivity index (χ1v) is 10.3. The fraction of sp³-hybridized carbons (Fsp3) is 0.389. The van der Waals surface area contributed by atoms with Gasteiger partial charge in [0.05, 0.1) is 22.3 Å². The number of aromatic nitrogens is 3. The van der Waals surface area contributed by atoms with Crippen molar-refractivity contribution in [2.45, 2.75) is 50.6 Å². The Morgan fingerprint density at radius 1 is 1.29 bits per heavy atom. The third-order valence-corrected chi connectivity index (χ3v) is 6.81. The number of fused-ring (bicyclic) bond motifs is 1. The molecule has 10 heteroatoms. The minimum absolute atomic E-state index is 0.0288. The van der Waals surface area contributed by atoms with Crippen molar-refractivity contribution in [1.82, 2.24) is 19.4 Å². The van der Waals surface area contributed by atoms with Gasteiger partial charge in [-0.25, -0.2) is 17.9 Å². The summed E-state index contributed by atoms with van der Waals surface area (Å²) < 4.78 is 34.2. The van der Waals surface area contributed by atoms with Crippen LogP contribution in [-0.4, -0.2) is 28.7 Å². The van der Waals surface area contributed by atoms with E-state index in [1.54, 1.807) is 19.9 Å². The van der Waals surface area contributed by atoms with Crippen LogP contribution in [0.1, 0.15) is 36.8 Å². The van der Waals surface area contributed by atoms with Crippen molar-refractivity contribution in [3.8, 4) is 0 Å². The Morgan fingerprint density at radius 3 is 2.61 bits per heavy atom. The highest BCUT2D eigenvalue weighted by atomic mass is 32.2. The van der Waals surface area contributed by atoms with E-state index in [1.807, 2.05) is 6.92 Å². The van der Waals surface area contributed by atoms with Crippen LogP contribution in [0.3, 0.4) is 0 Å². The van der Waals surface area contributed by atoms with Crippen LogP contribution in [0.5, 0.6) is 0 Å². The molecular formula is C18H20N4O5S. The third kappa shape index (κ3) is 3.18. The molecule has 1 aromatic carbocycles. The molecule has 0 atom stereocenters. The number of rotatable bonds is 5. The molecule has 0 radical (unpaired) electrons. The summed E-state index contributed by atoms with van der Waals surface area (Å²) in [5, 5.41) is 3.96. The number of aryl methyl sites for hydroxylation is 2. The van der Waals surface area contributed by atoms with E-state index in [-0.39, 0.29) is 22.3 Å². The van der Waals surface area contributed by atoms with Crippen molar-refractivity contribution < 1.29 is 12.9 Å². The Balaban J connectivity index is 1.87. The van der Waals surface area contributed by atoms with Gasteiger partial charge in [0.1, 0.15) is 11.5 Å². The topological polar surface area (TPSA) is 127 Å². The van der Waals surface area contributed by atoms with Crippen LogP contribution in [0.25, 0.3) is 10.9 Å². The molecule has 2 aromatic heterocycles. The predicted octanol–water partition coefficient (Wildman–Crippen LogP) is 1.17. The molecule has 0 amide bonds. The highest BCUT2D eigenvalue weighted by Crippen LogP contribution is 2.36. The van der Waals surface area contributed by atoms with E-state index in [4.69, 9.17) is 4.52 Å². The average molecular weight is 404 g/mol. The molecule has 0 unspecified atom stereocenters. The van der Waals surface area contributed by atoms with Gasteiger partial charge in [-0.1, -0.05) is 5.16 Å². The Labute approximate surface area is 160 Å². The minimum atomic E-state index is -3.79. The summed E-state index contributed by atoms with van der Waals surface area (Å²) in [5.41, 5.74) is -0.606. The van der Waals surface area contributed by atoms with E-state index >= 15 is 0 Å². The lowest BCUT2D eigenvalue weighted by Gasteiger charge is -2.15. The maximum Gasteiger partial charge on any atom is 0.329 e. The van der Waals surface area contributed by atoms with Crippen LogP contribution in [0, 0.1) is 13.8 Å². The standard InChI is InChI=1S/C18H20N4O5S/c1-10-8-12(20-27-10)9-22-16(23)15-11(2)14(5-4-13(15)19-17(22)24)28(25,26)21-18(3)6-7-18/h4-5,8,21H,6-7,9H2,1-3H3,(H,19,24). The molecule has 3 aromatic rings. The summed E-state index contributed by atoms with van der Waals surface area (Å²) in [6, 6.07) is 4.48. The van der Waals surface area contributed by atoms with Gasteiger partial charge in [-0.2, -0.15) is 0 Å². The van der Waals surface area contributed by atoms with Gasteiger partial charge >= 0.3 is 5.69 Å². The van der Waals surface area contributed by atoms with Gasteiger partial charge in [0, 0.05) is 11.6 Å². The molecule has 1 fully saturated rings. The summed E-state index contributed by atoms with van der Waals surface area (Å²) in [5.74, 6) is 0.560. The monoisotopic (exact) mass is 404 g/mol. The van der Waals surface area contributed by atoms with E-state index in [1.165, 1.54) is 12.1 Å². The SMILES string of the molecule is Cc1cc(Cn2c(=O)[nH]c3ccc(S(=O)(=O)NC4(C)CC4)c(C)c3c2=O)no1. The second kappa shape index (κ2) is 6.14. The number of nitrogens with zero attached hydrogens (tertiary/aromatic N) is 2. The van der Waals surface area contributed by atoms with Crippen molar-refractivity contribution in [2.75, 3.05) is 0 Å². The minimum Gasteiger partial charge on any atom is -0.361 e. The molecule has 9 nitrogen and oxygen atoms in total. The van der Waals surface area contributed by atoms with Crippen LogP contribution in [0.15, 0.2) is 37.2 Å². The van der Waals surface area contributed by atoms with Gasteiger partial charge in [0.25, 0.3) is 5.56 Å². The Morgan fingerprint density at radius 2 is 2.00 bits per heavy atom. The van der Waals surface area contributed by atoms with Gasteiger partial charge < -0.3 is 9.51 Å². The maximum absolute atomic E-state index is 13.0. The van der Waals surface area contributed by atoms with Crippen molar-refractivity contribution in [3.05, 3.63) is 56.1 Å². The zero-order valence-corrected chi connectivity index (χ0v) is 16.5. The lowest BCUT2D eigenvalue weighted by molar-refractivity contribution is 0.388. The molecular weight excluding hydrogens is 384 g/mol. The molecule has 0 spiro atoms. The van der Waals surface area contributed by atoms with Gasteiger partial charge in [0.2, 0.25) is 10.0 Å². The van der Waals surface area contributed by atoms with Crippen LogP contribution >= 0.6 is 0 Å². The Kier molecular flexibility index (Phi) is 4.09. The normalized spacial score (nSPS) is 15.8. The summed E-state index contributed by atoms with van der Waals surface area (Å²) in [4.78, 5) is 28.1. The second-order valence-corrected chi connectivity index (χ2v) is 9.18. The number of H-pyrrole nitrogens is 1. The van der Waals surface area contributed by atoms with Crippen molar-refractivity contribution in [2.24, 2.45) is 0 Å². The fourth-order valence-electron chi connectivity index (χ4n) is 3.24. The molecule has 0 aliphatic heterocycles. The molecule has 1 aliphatic rings. The van der Waals surface area contributed by atoms with Crippen molar-refractivity contribution >= 4 is 20.9 Å². The van der Waals surface area contributed by atoms with Gasteiger partial charge in [0.15, 0.2) is 0 Å². The Hall–Kier alpha value is -2.72. The van der Waals surface area contributed by atoms with Gasteiger partial charge in [-0.3, -0.25) is 9.36 Å². The molecule has 4 rings (SSSR count). The second-order valence-electron chi connectivity index (χ2n) is 7.53. The van der Waals surface area contributed by atoms with Crippen LogP contribution in [0.4, 0.5) is 0 Å². The first kappa shape index (κ1) is 18.6. The summed E-state index contributed by atoms with van der Waals surface area (Å²) >= 11 is 0. The highest BCUT2D eigenvalue weighted by Gasteiger charge is 2.41. The van der Waals surface area contributed by atoms with Crippen LogP contribution in [0.2, 0.25) is 0 Å². The van der Waals surface area contributed by atoms with Crippen LogP contribution < -0.4 is 16.0 Å². The lowest BCUT2D eigenvalue weighted by atomic mass is 10.1. The summed E-state index contributed by atoms with van der Waals surface area (Å²) in [6.45, 7) is 5.04. The smallest absolute Gasteiger partial charge is 0.329 e. The average Bonchev–Trinajstić information content (AvgIpc) is 3.16. The molecule has 28 heavy (non-hydrogen) atoms. The van der Waals surface area contributed by atoms with Gasteiger partial charge in [-0.15, -0.1) is 0 Å². The number of hydrogen-bond acceptors (Lipinski definition) is 6. The van der Waals surface area contributed by atoms with E-state index in [0.29, 0.717) is 17.0 Å². The molecule has 1 saturated carbocycles.